The van der Waals surface area contributed by atoms with Crippen LogP contribution < -0.4 is 5.32 Å². The zero-order valence-corrected chi connectivity index (χ0v) is 13.3. The fourth-order valence-electron chi connectivity index (χ4n) is 2.94. The summed E-state index contributed by atoms with van der Waals surface area (Å²) >= 11 is 0. The second-order valence-electron chi connectivity index (χ2n) is 7.06. The molecule has 0 aliphatic heterocycles. The van der Waals surface area contributed by atoms with Crippen molar-refractivity contribution in [3.63, 3.8) is 0 Å². The van der Waals surface area contributed by atoms with Gasteiger partial charge < -0.3 is 4.57 Å². The first-order chi connectivity index (χ1) is 10.6. The van der Waals surface area contributed by atoms with E-state index in [1.807, 2.05) is 24.4 Å². The molecule has 5 nitrogen and oxygen atoms in total. The number of nitrogens with zero attached hydrogens (tertiary/aromatic N) is 4. The monoisotopic (exact) mass is 297 g/mol. The summed E-state index contributed by atoms with van der Waals surface area (Å²) in [5.41, 5.74) is 0.843. The molecule has 4 rings (SSSR count). The van der Waals surface area contributed by atoms with Crippen LogP contribution in [0.4, 0.5) is 0 Å². The van der Waals surface area contributed by atoms with Gasteiger partial charge in [0.1, 0.15) is 5.82 Å². The molecule has 0 radical (unpaired) electrons. The molecule has 2 fully saturated rings. The van der Waals surface area contributed by atoms with E-state index in [1.54, 1.807) is 0 Å². The minimum Gasteiger partial charge on any atom is -0.310 e. The lowest BCUT2D eigenvalue weighted by Gasteiger charge is -2.26. The van der Waals surface area contributed by atoms with Crippen LogP contribution in [-0.2, 0) is 12.1 Å². The van der Waals surface area contributed by atoms with Crippen molar-refractivity contribution in [1.29, 1.82) is 0 Å². The fraction of sp³-hybridized carbons (Fsp3) is 0.588. The van der Waals surface area contributed by atoms with Crippen molar-refractivity contribution < 1.29 is 0 Å². The quantitative estimate of drug-likeness (QED) is 0.890. The standard InChI is InChI=1S/C17H23N5/c1-17(2,19-11-13-5-3-4-10-18-13)16-21-20-15(12-6-7-12)22(16)14-8-9-14/h3-5,10,12,14,19H,6-9,11H2,1-2H3. The third-order valence-corrected chi connectivity index (χ3v) is 4.57. The minimum absolute atomic E-state index is 0.208. The van der Waals surface area contributed by atoms with Gasteiger partial charge in [0.2, 0.25) is 0 Å². The van der Waals surface area contributed by atoms with E-state index in [4.69, 9.17) is 0 Å². The van der Waals surface area contributed by atoms with Gasteiger partial charge in [-0.2, -0.15) is 0 Å². The zero-order chi connectivity index (χ0) is 15.2. The van der Waals surface area contributed by atoms with Gasteiger partial charge in [-0.1, -0.05) is 6.07 Å². The van der Waals surface area contributed by atoms with E-state index >= 15 is 0 Å². The van der Waals surface area contributed by atoms with E-state index < -0.39 is 0 Å². The second-order valence-corrected chi connectivity index (χ2v) is 7.06. The molecule has 2 heterocycles. The van der Waals surface area contributed by atoms with E-state index in [-0.39, 0.29) is 5.54 Å². The average molecular weight is 297 g/mol. The second kappa shape index (κ2) is 5.16. The minimum atomic E-state index is -0.208. The molecule has 0 saturated heterocycles. The largest absolute Gasteiger partial charge is 0.310 e. The highest BCUT2D eigenvalue weighted by molar-refractivity contribution is 5.17. The van der Waals surface area contributed by atoms with Crippen molar-refractivity contribution in [3.05, 3.63) is 41.7 Å². The molecule has 116 valence electrons. The molecule has 2 aromatic rings. The summed E-state index contributed by atoms with van der Waals surface area (Å²) < 4.78 is 2.42. The Kier molecular flexibility index (Phi) is 3.26. The smallest absolute Gasteiger partial charge is 0.153 e. The van der Waals surface area contributed by atoms with Gasteiger partial charge in [0.15, 0.2) is 5.82 Å². The molecule has 2 aliphatic carbocycles. The Morgan fingerprint density at radius 3 is 2.64 bits per heavy atom. The Hall–Kier alpha value is -1.75. The molecule has 0 aromatic carbocycles. The first-order valence-corrected chi connectivity index (χ1v) is 8.25. The molecule has 2 aromatic heterocycles. The Labute approximate surface area is 131 Å². The Morgan fingerprint density at radius 2 is 2.00 bits per heavy atom. The molecule has 0 amide bonds. The van der Waals surface area contributed by atoms with Gasteiger partial charge in [0.25, 0.3) is 0 Å². The number of hydrogen-bond donors (Lipinski definition) is 1. The van der Waals surface area contributed by atoms with Crippen LogP contribution >= 0.6 is 0 Å². The SMILES string of the molecule is CC(C)(NCc1ccccn1)c1nnc(C2CC2)n1C1CC1. The summed E-state index contributed by atoms with van der Waals surface area (Å²) in [5.74, 6) is 2.94. The number of rotatable bonds is 6. The van der Waals surface area contributed by atoms with Crippen LogP contribution in [0, 0.1) is 0 Å². The molecule has 0 spiro atoms. The van der Waals surface area contributed by atoms with Crippen LogP contribution in [0.2, 0.25) is 0 Å². The lowest BCUT2D eigenvalue weighted by atomic mass is 10.0. The molecule has 2 saturated carbocycles. The van der Waals surface area contributed by atoms with Crippen molar-refractivity contribution in [2.75, 3.05) is 0 Å². The molecule has 1 N–H and O–H groups in total. The summed E-state index contributed by atoms with van der Waals surface area (Å²) in [6.07, 6.45) is 6.91. The lowest BCUT2D eigenvalue weighted by Crippen LogP contribution is -2.39. The number of aromatic nitrogens is 4. The molecule has 0 unspecified atom stereocenters. The summed E-state index contributed by atoms with van der Waals surface area (Å²) in [6, 6.07) is 6.64. The Morgan fingerprint density at radius 1 is 1.18 bits per heavy atom. The van der Waals surface area contributed by atoms with Crippen molar-refractivity contribution in [2.45, 2.75) is 63.6 Å². The first-order valence-electron chi connectivity index (χ1n) is 8.25. The summed E-state index contributed by atoms with van der Waals surface area (Å²) in [5, 5.41) is 12.7. The number of hydrogen-bond acceptors (Lipinski definition) is 4. The number of nitrogens with one attached hydrogen (secondary N) is 1. The third kappa shape index (κ3) is 2.65. The summed E-state index contributed by atoms with van der Waals surface area (Å²) in [6.45, 7) is 5.12. The predicted octanol–water partition coefficient (Wildman–Crippen LogP) is 2.91. The van der Waals surface area contributed by atoms with Gasteiger partial charge in [-0.25, -0.2) is 0 Å². The van der Waals surface area contributed by atoms with E-state index in [2.05, 4.69) is 38.9 Å². The van der Waals surface area contributed by atoms with Crippen LogP contribution in [0.25, 0.3) is 0 Å². The van der Waals surface area contributed by atoms with Gasteiger partial charge in [-0.05, 0) is 51.7 Å². The normalized spacial score (nSPS) is 18.6. The van der Waals surface area contributed by atoms with Gasteiger partial charge in [0, 0.05) is 24.7 Å². The number of pyridine rings is 1. The van der Waals surface area contributed by atoms with E-state index in [1.165, 1.54) is 31.5 Å². The highest BCUT2D eigenvalue weighted by atomic mass is 15.3. The molecule has 5 heteroatoms. The van der Waals surface area contributed by atoms with Gasteiger partial charge in [-0.3, -0.25) is 10.3 Å². The Bertz CT molecular complexity index is 653. The van der Waals surface area contributed by atoms with Crippen molar-refractivity contribution in [1.82, 2.24) is 25.1 Å². The van der Waals surface area contributed by atoms with Gasteiger partial charge in [-0.15, -0.1) is 10.2 Å². The summed E-state index contributed by atoms with van der Waals surface area (Å²) in [4.78, 5) is 4.38. The van der Waals surface area contributed by atoms with Crippen molar-refractivity contribution in [3.8, 4) is 0 Å². The highest BCUT2D eigenvalue weighted by Crippen LogP contribution is 2.45. The molecular weight excluding hydrogens is 274 g/mol. The molecule has 2 aliphatic rings. The fourth-order valence-corrected chi connectivity index (χ4v) is 2.94. The maximum absolute atomic E-state index is 4.55. The topological polar surface area (TPSA) is 55.6 Å². The molecular formula is C17H23N5. The molecule has 22 heavy (non-hydrogen) atoms. The maximum Gasteiger partial charge on any atom is 0.153 e. The van der Waals surface area contributed by atoms with Crippen LogP contribution in [-0.4, -0.2) is 19.7 Å². The zero-order valence-electron chi connectivity index (χ0n) is 13.3. The summed E-state index contributed by atoms with van der Waals surface area (Å²) in [7, 11) is 0. The average Bonchev–Trinajstić information content (AvgIpc) is 3.45. The van der Waals surface area contributed by atoms with Crippen LogP contribution in [0.5, 0.6) is 0 Å². The van der Waals surface area contributed by atoms with Gasteiger partial charge in [0.05, 0.1) is 11.2 Å². The first kappa shape index (κ1) is 13.9. The van der Waals surface area contributed by atoms with Crippen molar-refractivity contribution in [2.24, 2.45) is 0 Å². The highest BCUT2D eigenvalue weighted by Gasteiger charge is 2.39. The van der Waals surface area contributed by atoms with Crippen LogP contribution in [0.3, 0.4) is 0 Å². The predicted molar refractivity (Wildman–Crippen MR) is 84.4 cm³/mol. The van der Waals surface area contributed by atoms with Crippen LogP contribution in [0.15, 0.2) is 24.4 Å². The van der Waals surface area contributed by atoms with Crippen LogP contribution in [0.1, 0.15) is 68.8 Å². The maximum atomic E-state index is 4.55. The van der Waals surface area contributed by atoms with Gasteiger partial charge >= 0.3 is 0 Å². The van der Waals surface area contributed by atoms with E-state index in [0.717, 1.165) is 18.1 Å². The lowest BCUT2D eigenvalue weighted by molar-refractivity contribution is 0.357. The van der Waals surface area contributed by atoms with E-state index in [9.17, 15) is 0 Å². The van der Waals surface area contributed by atoms with Crippen molar-refractivity contribution >= 4 is 0 Å². The molecule has 0 bridgehead atoms. The third-order valence-electron chi connectivity index (χ3n) is 4.57. The molecule has 0 atom stereocenters. The van der Waals surface area contributed by atoms with E-state index in [0.29, 0.717) is 12.0 Å². The Balaban J connectivity index is 1.57.